The average Bonchev–Trinajstić information content (AvgIpc) is 2.29. The van der Waals surface area contributed by atoms with Crippen molar-refractivity contribution in [2.75, 3.05) is 19.4 Å². The molecule has 0 saturated heterocycles. The van der Waals surface area contributed by atoms with Gasteiger partial charge >= 0.3 is 0 Å². The van der Waals surface area contributed by atoms with E-state index in [9.17, 15) is 8.42 Å². The molecule has 0 aliphatic carbocycles. The van der Waals surface area contributed by atoms with Crippen LogP contribution in [-0.4, -0.2) is 27.8 Å². The van der Waals surface area contributed by atoms with E-state index in [1.807, 2.05) is 0 Å². The topological polar surface area (TPSA) is 69.4 Å². The average molecular weight is 322 g/mol. The number of rotatable bonds is 6. The van der Waals surface area contributed by atoms with Crippen molar-refractivity contribution in [1.82, 2.24) is 0 Å². The van der Waals surface area contributed by atoms with Gasteiger partial charge in [0.1, 0.15) is 5.75 Å². The van der Waals surface area contributed by atoms with Crippen LogP contribution in [0.2, 0.25) is 0 Å². The number of nitrogens with two attached hydrogens (primary N) is 1. The molecule has 0 atom stereocenters. The monoisotopic (exact) mass is 321 g/mol. The maximum atomic E-state index is 11.8. The highest BCUT2D eigenvalue weighted by molar-refractivity contribution is 9.10. The van der Waals surface area contributed by atoms with Crippen molar-refractivity contribution in [3.63, 3.8) is 0 Å². The molecule has 1 rings (SSSR count). The van der Waals surface area contributed by atoms with E-state index in [-0.39, 0.29) is 11.5 Å². The van der Waals surface area contributed by atoms with E-state index in [0.29, 0.717) is 24.3 Å². The van der Waals surface area contributed by atoms with Crippen LogP contribution in [0.4, 0.5) is 0 Å². The molecule has 17 heavy (non-hydrogen) atoms. The van der Waals surface area contributed by atoms with Gasteiger partial charge in [0.15, 0.2) is 9.84 Å². The molecule has 0 amide bonds. The Kier molecular flexibility index (Phi) is 5.42. The maximum Gasteiger partial charge on any atom is 0.154 e. The summed E-state index contributed by atoms with van der Waals surface area (Å²) in [6.07, 6.45) is 0.490. The lowest BCUT2D eigenvalue weighted by molar-refractivity contribution is 0.414. The molecule has 0 heterocycles. The molecule has 0 bridgehead atoms. The van der Waals surface area contributed by atoms with Crippen LogP contribution in [0.5, 0.6) is 5.75 Å². The molecule has 0 saturated carbocycles. The summed E-state index contributed by atoms with van der Waals surface area (Å²) in [5.41, 5.74) is 6.02. The Morgan fingerprint density at radius 1 is 1.41 bits per heavy atom. The van der Waals surface area contributed by atoms with Gasteiger partial charge in [0, 0.05) is 4.47 Å². The number of sulfone groups is 1. The minimum Gasteiger partial charge on any atom is -0.497 e. The Labute approximate surface area is 110 Å². The third-order valence-corrected chi connectivity index (χ3v) is 4.72. The van der Waals surface area contributed by atoms with Crippen LogP contribution in [0.1, 0.15) is 12.0 Å². The Balaban J connectivity index is 2.87. The summed E-state index contributed by atoms with van der Waals surface area (Å²) >= 11 is 3.34. The van der Waals surface area contributed by atoms with E-state index in [4.69, 9.17) is 10.5 Å². The largest absolute Gasteiger partial charge is 0.497 e. The molecule has 0 unspecified atom stereocenters. The van der Waals surface area contributed by atoms with Gasteiger partial charge in [-0.3, -0.25) is 0 Å². The van der Waals surface area contributed by atoms with Crippen molar-refractivity contribution >= 4 is 25.8 Å². The number of ether oxygens (including phenoxy) is 1. The first-order valence-corrected chi connectivity index (χ1v) is 7.83. The highest BCUT2D eigenvalue weighted by Gasteiger charge is 2.14. The minimum absolute atomic E-state index is 0.00475. The van der Waals surface area contributed by atoms with Crippen molar-refractivity contribution in [2.45, 2.75) is 12.2 Å². The van der Waals surface area contributed by atoms with Gasteiger partial charge in [-0.05, 0) is 36.7 Å². The van der Waals surface area contributed by atoms with Crippen molar-refractivity contribution in [3.05, 3.63) is 28.2 Å². The predicted octanol–water partition coefficient (Wildman–Crippen LogP) is 1.72. The van der Waals surface area contributed by atoms with E-state index in [2.05, 4.69) is 15.9 Å². The molecule has 0 fully saturated rings. The van der Waals surface area contributed by atoms with Crippen molar-refractivity contribution in [3.8, 4) is 5.75 Å². The predicted molar refractivity (Wildman–Crippen MR) is 71.9 cm³/mol. The van der Waals surface area contributed by atoms with Crippen LogP contribution in [0, 0.1) is 0 Å². The van der Waals surface area contributed by atoms with E-state index < -0.39 is 9.84 Å². The standard InChI is InChI=1S/C11H16BrNO3S/c1-16-10-3-4-11(12)9(7-10)8-17(14,15)6-2-5-13/h3-4,7H,2,5-6,8,13H2,1H3. The summed E-state index contributed by atoms with van der Waals surface area (Å²) in [5, 5.41) is 0. The van der Waals surface area contributed by atoms with Crippen LogP contribution in [0.25, 0.3) is 0 Å². The minimum atomic E-state index is -3.11. The molecule has 2 N–H and O–H groups in total. The van der Waals surface area contributed by atoms with Gasteiger partial charge in [0.25, 0.3) is 0 Å². The SMILES string of the molecule is COc1ccc(Br)c(CS(=O)(=O)CCCN)c1. The Hall–Kier alpha value is -0.590. The molecular weight excluding hydrogens is 306 g/mol. The van der Waals surface area contributed by atoms with Crippen molar-refractivity contribution in [1.29, 1.82) is 0 Å². The Morgan fingerprint density at radius 3 is 2.71 bits per heavy atom. The zero-order valence-electron chi connectivity index (χ0n) is 9.65. The Morgan fingerprint density at radius 2 is 2.12 bits per heavy atom. The molecule has 0 spiro atoms. The molecule has 0 aliphatic rings. The summed E-state index contributed by atoms with van der Waals surface area (Å²) in [7, 11) is -1.56. The molecule has 6 heteroatoms. The van der Waals surface area contributed by atoms with Gasteiger partial charge in [-0.15, -0.1) is 0 Å². The highest BCUT2D eigenvalue weighted by atomic mass is 79.9. The van der Waals surface area contributed by atoms with Gasteiger partial charge in [-0.2, -0.15) is 0 Å². The molecular formula is C11H16BrNO3S. The van der Waals surface area contributed by atoms with Crippen molar-refractivity contribution < 1.29 is 13.2 Å². The molecule has 96 valence electrons. The molecule has 0 aromatic heterocycles. The van der Waals surface area contributed by atoms with Gasteiger partial charge in [-0.25, -0.2) is 8.42 Å². The van der Waals surface area contributed by atoms with E-state index in [1.54, 1.807) is 25.3 Å². The third kappa shape index (κ3) is 4.65. The number of halogens is 1. The lowest BCUT2D eigenvalue weighted by Gasteiger charge is -2.08. The lowest BCUT2D eigenvalue weighted by Crippen LogP contribution is -2.13. The molecule has 0 radical (unpaired) electrons. The quantitative estimate of drug-likeness (QED) is 0.866. The molecule has 0 aliphatic heterocycles. The number of hydrogen-bond acceptors (Lipinski definition) is 4. The summed E-state index contributed by atoms with van der Waals surface area (Å²) in [6.45, 7) is 0.387. The fraction of sp³-hybridized carbons (Fsp3) is 0.455. The van der Waals surface area contributed by atoms with Gasteiger partial charge in [-0.1, -0.05) is 15.9 Å². The second-order valence-electron chi connectivity index (χ2n) is 3.69. The molecule has 4 nitrogen and oxygen atoms in total. The number of benzene rings is 1. The van der Waals surface area contributed by atoms with Crippen LogP contribution >= 0.6 is 15.9 Å². The third-order valence-electron chi connectivity index (χ3n) is 2.29. The summed E-state index contributed by atoms with van der Waals surface area (Å²) in [6, 6.07) is 5.29. The second kappa shape index (κ2) is 6.37. The van der Waals surface area contributed by atoms with Crippen molar-refractivity contribution in [2.24, 2.45) is 5.73 Å². The highest BCUT2D eigenvalue weighted by Crippen LogP contribution is 2.24. The molecule has 1 aromatic carbocycles. The van der Waals surface area contributed by atoms with Crippen LogP contribution in [-0.2, 0) is 15.6 Å². The van der Waals surface area contributed by atoms with Gasteiger partial charge < -0.3 is 10.5 Å². The molecule has 1 aromatic rings. The first-order valence-electron chi connectivity index (χ1n) is 5.21. The first-order chi connectivity index (χ1) is 7.98. The van der Waals surface area contributed by atoms with Crippen LogP contribution in [0.3, 0.4) is 0 Å². The zero-order valence-corrected chi connectivity index (χ0v) is 12.1. The van der Waals surface area contributed by atoms with E-state index in [0.717, 1.165) is 4.47 Å². The smallest absolute Gasteiger partial charge is 0.154 e. The zero-order chi connectivity index (χ0) is 12.9. The van der Waals surface area contributed by atoms with E-state index in [1.165, 1.54) is 0 Å². The van der Waals surface area contributed by atoms with Gasteiger partial charge in [0.05, 0.1) is 18.6 Å². The maximum absolute atomic E-state index is 11.8. The number of hydrogen-bond donors (Lipinski definition) is 1. The summed E-state index contributed by atoms with van der Waals surface area (Å²) < 4.78 is 29.4. The van der Waals surface area contributed by atoms with E-state index >= 15 is 0 Å². The Bertz CT molecular complexity index is 474. The van der Waals surface area contributed by atoms with Gasteiger partial charge in [0.2, 0.25) is 0 Å². The fourth-order valence-electron chi connectivity index (χ4n) is 1.40. The van der Waals surface area contributed by atoms with Crippen LogP contribution < -0.4 is 10.5 Å². The first kappa shape index (κ1) is 14.5. The fourth-order valence-corrected chi connectivity index (χ4v) is 3.44. The number of methoxy groups -OCH3 is 1. The van der Waals surface area contributed by atoms with Crippen LogP contribution in [0.15, 0.2) is 22.7 Å². The normalized spacial score (nSPS) is 11.5. The lowest BCUT2D eigenvalue weighted by atomic mass is 10.2. The summed E-state index contributed by atoms with van der Waals surface area (Å²) in [4.78, 5) is 0. The summed E-state index contributed by atoms with van der Waals surface area (Å²) in [5.74, 6) is 0.773. The second-order valence-corrected chi connectivity index (χ2v) is 6.73.